The number of rotatable bonds is 4. The third kappa shape index (κ3) is 3.21. The van der Waals surface area contributed by atoms with E-state index in [1.807, 2.05) is 0 Å². The van der Waals surface area contributed by atoms with Crippen molar-refractivity contribution in [3.63, 3.8) is 0 Å². The second-order valence-electron chi connectivity index (χ2n) is 3.76. The van der Waals surface area contributed by atoms with Crippen LogP contribution in [0, 0.1) is 20.2 Å². The van der Waals surface area contributed by atoms with E-state index in [-0.39, 0.29) is 5.75 Å². The highest BCUT2D eigenvalue weighted by Crippen LogP contribution is 2.31. The number of benzene rings is 2. The summed E-state index contributed by atoms with van der Waals surface area (Å²) in [5.41, 5.74) is -0.840. The van der Waals surface area contributed by atoms with Gasteiger partial charge in [-0.2, -0.15) is 0 Å². The number of ether oxygens (including phenoxy) is 1. The van der Waals surface area contributed by atoms with Gasteiger partial charge in [-0.15, -0.1) is 0 Å². The lowest BCUT2D eigenvalue weighted by molar-refractivity contribution is -0.394. The second kappa shape index (κ2) is 5.54. The van der Waals surface area contributed by atoms with Crippen LogP contribution >= 0.6 is 11.6 Å². The molecule has 0 aliphatic rings. The molecule has 0 heterocycles. The molecular weight excluding hydrogens is 288 g/mol. The lowest BCUT2D eigenvalue weighted by atomic mass is 10.2. The van der Waals surface area contributed by atoms with Gasteiger partial charge in [0.15, 0.2) is 0 Å². The highest BCUT2D eigenvalue weighted by molar-refractivity contribution is 6.30. The second-order valence-corrected chi connectivity index (χ2v) is 4.20. The van der Waals surface area contributed by atoms with Crippen LogP contribution in [0.5, 0.6) is 11.5 Å². The van der Waals surface area contributed by atoms with Crippen molar-refractivity contribution in [1.82, 2.24) is 0 Å². The van der Waals surface area contributed by atoms with Crippen molar-refractivity contribution in [2.24, 2.45) is 0 Å². The van der Waals surface area contributed by atoms with Crippen LogP contribution < -0.4 is 4.74 Å². The van der Waals surface area contributed by atoms with Crippen LogP contribution in [0.4, 0.5) is 11.4 Å². The van der Waals surface area contributed by atoms with Gasteiger partial charge in [-0.1, -0.05) is 17.7 Å². The van der Waals surface area contributed by atoms with E-state index >= 15 is 0 Å². The van der Waals surface area contributed by atoms with Crippen molar-refractivity contribution in [3.05, 3.63) is 67.7 Å². The predicted octanol–water partition coefficient (Wildman–Crippen LogP) is 3.95. The van der Waals surface area contributed by atoms with E-state index in [1.165, 1.54) is 6.07 Å². The number of hydrogen-bond acceptors (Lipinski definition) is 5. The lowest BCUT2D eigenvalue weighted by Crippen LogP contribution is -1.94. The van der Waals surface area contributed by atoms with Crippen LogP contribution in [0.3, 0.4) is 0 Å². The fourth-order valence-corrected chi connectivity index (χ4v) is 1.68. The van der Waals surface area contributed by atoms with Gasteiger partial charge in [-0.25, -0.2) is 0 Å². The Hall–Kier alpha value is -2.67. The summed E-state index contributed by atoms with van der Waals surface area (Å²) >= 11 is 5.78. The van der Waals surface area contributed by atoms with E-state index < -0.39 is 21.2 Å². The smallest absolute Gasteiger partial charge is 0.280 e. The molecule has 20 heavy (non-hydrogen) atoms. The Labute approximate surface area is 117 Å². The van der Waals surface area contributed by atoms with Crippen molar-refractivity contribution >= 4 is 23.0 Å². The number of non-ortho nitro benzene ring substituents is 2. The Morgan fingerprint density at radius 2 is 1.50 bits per heavy atom. The van der Waals surface area contributed by atoms with Gasteiger partial charge in [-0.05, 0) is 18.2 Å². The van der Waals surface area contributed by atoms with Gasteiger partial charge in [0.05, 0.1) is 28.0 Å². The molecule has 0 saturated heterocycles. The molecular formula is C12H7ClN2O5. The predicted molar refractivity (Wildman–Crippen MR) is 71.3 cm³/mol. The van der Waals surface area contributed by atoms with Crippen molar-refractivity contribution in [2.75, 3.05) is 0 Å². The molecule has 0 aliphatic carbocycles. The fourth-order valence-electron chi connectivity index (χ4n) is 1.50. The molecule has 0 saturated carbocycles. The van der Waals surface area contributed by atoms with E-state index in [2.05, 4.69) is 0 Å². The van der Waals surface area contributed by atoms with Crippen molar-refractivity contribution in [1.29, 1.82) is 0 Å². The Kier molecular flexibility index (Phi) is 3.81. The standard InChI is InChI=1S/C12H7ClN2O5/c13-8-2-1-3-11(4-8)20-12-6-9(14(16)17)5-10(7-12)15(18)19/h1-7H. The summed E-state index contributed by atoms with van der Waals surface area (Å²) in [5, 5.41) is 21.9. The first-order valence-electron chi connectivity index (χ1n) is 5.33. The zero-order valence-electron chi connectivity index (χ0n) is 9.86. The average molecular weight is 295 g/mol. The molecule has 0 N–H and O–H groups in total. The van der Waals surface area contributed by atoms with E-state index in [0.29, 0.717) is 10.8 Å². The summed E-state index contributed by atoms with van der Waals surface area (Å²) in [6.45, 7) is 0. The summed E-state index contributed by atoms with van der Waals surface area (Å²) < 4.78 is 5.35. The monoisotopic (exact) mass is 294 g/mol. The number of hydrogen-bond donors (Lipinski definition) is 0. The quantitative estimate of drug-likeness (QED) is 0.628. The van der Waals surface area contributed by atoms with E-state index in [4.69, 9.17) is 16.3 Å². The maximum atomic E-state index is 10.7. The Morgan fingerprint density at radius 1 is 0.900 bits per heavy atom. The molecule has 0 fully saturated rings. The number of nitro groups is 2. The van der Waals surface area contributed by atoms with Crippen LogP contribution in [0.15, 0.2) is 42.5 Å². The molecule has 0 spiro atoms. The van der Waals surface area contributed by atoms with Gasteiger partial charge in [-0.3, -0.25) is 20.2 Å². The molecule has 0 bridgehead atoms. The van der Waals surface area contributed by atoms with E-state index in [0.717, 1.165) is 18.2 Å². The zero-order chi connectivity index (χ0) is 14.7. The summed E-state index contributed by atoms with van der Waals surface area (Å²) in [6, 6.07) is 9.41. The van der Waals surface area contributed by atoms with Crippen LogP contribution in [-0.2, 0) is 0 Å². The normalized spacial score (nSPS) is 10.1. The fraction of sp³-hybridized carbons (Fsp3) is 0. The van der Waals surface area contributed by atoms with Gasteiger partial charge < -0.3 is 4.74 Å². The number of halogens is 1. The van der Waals surface area contributed by atoms with Crippen LogP contribution in [0.1, 0.15) is 0 Å². The first kappa shape index (κ1) is 13.8. The van der Waals surface area contributed by atoms with E-state index in [9.17, 15) is 20.2 Å². The molecule has 2 rings (SSSR count). The molecule has 0 unspecified atom stereocenters. The molecule has 2 aromatic carbocycles. The van der Waals surface area contributed by atoms with Gasteiger partial charge in [0.25, 0.3) is 11.4 Å². The minimum atomic E-state index is -0.724. The van der Waals surface area contributed by atoms with Crippen LogP contribution in [0.25, 0.3) is 0 Å². The summed E-state index contributed by atoms with van der Waals surface area (Å²) in [6.07, 6.45) is 0. The highest BCUT2D eigenvalue weighted by atomic mass is 35.5. The molecule has 0 radical (unpaired) electrons. The first-order valence-corrected chi connectivity index (χ1v) is 5.71. The SMILES string of the molecule is O=[N+]([O-])c1cc(Oc2cccc(Cl)c2)cc([N+](=O)[O-])c1. The molecule has 7 nitrogen and oxygen atoms in total. The van der Waals surface area contributed by atoms with Crippen molar-refractivity contribution in [3.8, 4) is 11.5 Å². The molecule has 2 aromatic rings. The molecule has 0 aromatic heterocycles. The average Bonchev–Trinajstić information content (AvgIpc) is 2.38. The zero-order valence-corrected chi connectivity index (χ0v) is 10.6. The number of nitrogens with zero attached hydrogens (tertiary/aromatic N) is 2. The highest BCUT2D eigenvalue weighted by Gasteiger charge is 2.17. The van der Waals surface area contributed by atoms with Gasteiger partial charge in [0.2, 0.25) is 0 Å². The minimum Gasteiger partial charge on any atom is -0.457 e. The molecule has 102 valence electrons. The van der Waals surface area contributed by atoms with Crippen molar-refractivity contribution in [2.45, 2.75) is 0 Å². The maximum absolute atomic E-state index is 10.7. The maximum Gasteiger partial charge on any atom is 0.280 e. The van der Waals surface area contributed by atoms with Crippen molar-refractivity contribution < 1.29 is 14.6 Å². The van der Waals surface area contributed by atoms with Crippen LogP contribution in [0.2, 0.25) is 5.02 Å². The van der Waals surface area contributed by atoms with Gasteiger partial charge in [0, 0.05) is 5.02 Å². The largest absolute Gasteiger partial charge is 0.457 e. The third-order valence-electron chi connectivity index (χ3n) is 2.33. The first-order chi connectivity index (χ1) is 9.45. The Morgan fingerprint density at radius 3 is 2.00 bits per heavy atom. The third-order valence-corrected chi connectivity index (χ3v) is 2.56. The van der Waals surface area contributed by atoms with Crippen LogP contribution in [-0.4, -0.2) is 9.85 Å². The Bertz CT molecular complexity index is 657. The van der Waals surface area contributed by atoms with Gasteiger partial charge in [0.1, 0.15) is 11.5 Å². The Balaban J connectivity index is 2.40. The minimum absolute atomic E-state index is 0.00633. The van der Waals surface area contributed by atoms with Gasteiger partial charge >= 0.3 is 0 Å². The number of nitro benzene ring substituents is 2. The molecule has 8 heteroatoms. The lowest BCUT2D eigenvalue weighted by Gasteiger charge is -2.05. The molecule has 0 amide bonds. The molecule has 0 atom stereocenters. The summed E-state index contributed by atoms with van der Waals surface area (Å²) in [4.78, 5) is 20.0. The topological polar surface area (TPSA) is 95.5 Å². The summed E-state index contributed by atoms with van der Waals surface area (Å²) in [5.74, 6) is 0.320. The van der Waals surface area contributed by atoms with E-state index in [1.54, 1.807) is 18.2 Å². The molecule has 0 aliphatic heterocycles. The summed E-state index contributed by atoms with van der Waals surface area (Å²) in [7, 11) is 0.